The summed E-state index contributed by atoms with van der Waals surface area (Å²) in [5.74, 6) is 1.99. The molecule has 1 amide bonds. The SMILES string of the molecule is COc1ccc(CCNC(=O)c2cc(-c3nnn[nH]3)cc(-c3cccnc3OC)c2)cc1OC. The Morgan fingerprint density at radius 2 is 1.79 bits per heavy atom. The molecule has 0 atom stereocenters. The Morgan fingerprint density at radius 1 is 0.971 bits per heavy atom. The summed E-state index contributed by atoms with van der Waals surface area (Å²) >= 11 is 0. The molecule has 34 heavy (non-hydrogen) atoms. The van der Waals surface area contributed by atoms with E-state index >= 15 is 0 Å². The number of nitrogens with one attached hydrogen (secondary N) is 2. The average molecular weight is 460 g/mol. The summed E-state index contributed by atoms with van der Waals surface area (Å²) in [5, 5.41) is 17.0. The maximum absolute atomic E-state index is 13.1. The van der Waals surface area contributed by atoms with E-state index in [1.165, 1.54) is 0 Å². The second-order valence-electron chi connectivity index (χ2n) is 7.30. The van der Waals surface area contributed by atoms with Crippen LogP contribution in [0.5, 0.6) is 17.4 Å². The molecule has 0 saturated heterocycles. The summed E-state index contributed by atoms with van der Waals surface area (Å²) in [5.41, 5.74) is 3.64. The molecule has 0 saturated carbocycles. The van der Waals surface area contributed by atoms with Gasteiger partial charge in [0, 0.05) is 29.4 Å². The lowest BCUT2D eigenvalue weighted by atomic mass is 9.99. The minimum Gasteiger partial charge on any atom is -0.493 e. The van der Waals surface area contributed by atoms with Crippen molar-refractivity contribution in [2.45, 2.75) is 6.42 Å². The van der Waals surface area contributed by atoms with Crippen molar-refractivity contribution in [3.8, 4) is 39.9 Å². The monoisotopic (exact) mass is 460 g/mol. The van der Waals surface area contributed by atoms with Crippen LogP contribution in [0.2, 0.25) is 0 Å². The van der Waals surface area contributed by atoms with Crippen LogP contribution in [0, 0.1) is 0 Å². The van der Waals surface area contributed by atoms with E-state index in [0.29, 0.717) is 47.3 Å². The summed E-state index contributed by atoms with van der Waals surface area (Å²) in [7, 11) is 4.74. The van der Waals surface area contributed by atoms with Crippen LogP contribution in [0.3, 0.4) is 0 Å². The molecular formula is C24H24N6O4. The van der Waals surface area contributed by atoms with Gasteiger partial charge in [-0.1, -0.05) is 6.07 Å². The summed E-state index contributed by atoms with van der Waals surface area (Å²) in [6.07, 6.45) is 2.27. The number of rotatable bonds is 9. The van der Waals surface area contributed by atoms with Crippen molar-refractivity contribution in [1.82, 2.24) is 30.9 Å². The molecule has 4 rings (SSSR count). The van der Waals surface area contributed by atoms with Gasteiger partial charge in [-0.3, -0.25) is 4.79 Å². The molecule has 0 spiro atoms. The number of methoxy groups -OCH3 is 3. The van der Waals surface area contributed by atoms with E-state index in [-0.39, 0.29) is 5.91 Å². The molecule has 0 aliphatic carbocycles. The molecule has 174 valence electrons. The van der Waals surface area contributed by atoms with Crippen LogP contribution in [0.4, 0.5) is 0 Å². The van der Waals surface area contributed by atoms with Crippen molar-refractivity contribution in [3.63, 3.8) is 0 Å². The molecule has 0 bridgehead atoms. The van der Waals surface area contributed by atoms with Crippen LogP contribution in [0.25, 0.3) is 22.5 Å². The summed E-state index contributed by atoms with van der Waals surface area (Å²) < 4.78 is 16.0. The number of nitrogens with zero attached hydrogens (tertiary/aromatic N) is 4. The van der Waals surface area contributed by atoms with E-state index in [1.807, 2.05) is 36.4 Å². The van der Waals surface area contributed by atoms with Gasteiger partial charge in [0.25, 0.3) is 5.91 Å². The van der Waals surface area contributed by atoms with Crippen LogP contribution in [-0.2, 0) is 6.42 Å². The van der Waals surface area contributed by atoms with Gasteiger partial charge in [-0.05, 0) is 70.4 Å². The van der Waals surface area contributed by atoms with E-state index in [2.05, 4.69) is 30.9 Å². The first kappa shape index (κ1) is 22.7. The Kier molecular flexibility index (Phi) is 6.97. The Hall–Kier alpha value is -4.47. The average Bonchev–Trinajstić information content (AvgIpc) is 3.43. The third-order valence-corrected chi connectivity index (χ3v) is 5.24. The Bertz CT molecular complexity index is 1280. The van der Waals surface area contributed by atoms with Gasteiger partial charge >= 0.3 is 0 Å². The van der Waals surface area contributed by atoms with Crippen molar-refractivity contribution in [3.05, 3.63) is 65.9 Å². The molecule has 4 aromatic rings. The number of pyridine rings is 1. The van der Waals surface area contributed by atoms with Gasteiger partial charge in [0.05, 0.1) is 21.3 Å². The maximum Gasteiger partial charge on any atom is 0.251 e. The van der Waals surface area contributed by atoms with Crippen molar-refractivity contribution in [2.24, 2.45) is 0 Å². The smallest absolute Gasteiger partial charge is 0.251 e. The van der Waals surface area contributed by atoms with Crippen LogP contribution in [0.15, 0.2) is 54.7 Å². The van der Waals surface area contributed by atoms with E-state index in [9.17, 15) is 4.79 Å². The number of amides is 1. The van der Waals surface area contributed by atoms with Crippen LogP contribution in [-0.4, -0.2) is 59.4 Å². The maximum atomic E-state index is 13.1. The van der Waals surface area contributed by atoms with Crippen molar-refractivity contribution in [2.75, 3.05) is 27.9 Å². The fourth-order valence-corrected chi connectivity index (χ4v) is 3.56. The standard InChI is InChI=1S/C24H24N6O4/c1-32-20-7-6-15(11-21(20)33-2)8-10-25-23(31)18-13-16(19-5-4-9-26-24(19)34-3)12-17(14-18)22-27-29-30-28-22/h4-7,9,11-14H,8,10H2,1-3H3,(H,25,31)(H,27,28,29,30). The first-order valence-electron chi connectivity index (χ1n) is 10.5. The van der Waals surface area contributed by atoms with Gasteiger partial charge in [0.15, 0.2) is 17.3 Å². The summed E-state index contributed by atoms with van der Waals surface area (Å²) in [4.78, 5) is 17.3. The van der Waals surface area contributed by atoms with Gasteiger partial charge < -0.3 is 19.5 Å². The number of hydrogen-bond donors (Lipinski definition) is 2. The number of H-pyrrole nitrogens is 1. The lowest BCUT2D eigenvalue weighted by molar-refractivity contribution is 0.0954. The van der Waals surface area contributed by atoms with Gasteiger partial charge in [-0.15, -0.1) is 5.10 Å². The Balaban J connectivity index is 1.57. The summed E-state index contributed by atoms with van der Waals surface area (Å²) in [6.45, 7) is 0.438. The number of hydrogen-bond acceptors (Lipinski definition) is 8. The van der Waals surface area contributed by atoms with Crippen molar-refractivity contribution < 1.29 is 19.0 Å². The second-order valence-corrected chi connectivity index (χ2v) is 7.30. The van der Waals surface area contributed by atoms with Gasteiger partial charge in [0.2, 0.25) is 5.88 Å². The topological polar surface area (TPSA) is 124 Å². The number of ether oxygens (including phenoxy) is 3. The van der Waals surface area contributed by atoms with Gasteiger partial charge in [-0.2, -0.15) is 0 Å². The number of aromatic amines is 1. The molecule has 2 N–H and O–H groups in total. The highest BCUT2D eigenvalue weighted by molar-refractivity contribution is 5.97. The molecule has 0 aliphatic rings. The zero-order valence-electron chi connectivity index (χ0n) is 19.0. The van der Waals surface area contributed by atoms with E-state index in [1.54, 1.807) is 39.7 Å². The molecule has 0 radical (unpaired) electrons. The molecule has 10 heteroatoms. The normalized spacial score (nSPS) is 10.6. The fourth-order valence-electron chi connectivity index (χ4n) is 3.56. The van der Waals surface area contributed by atoms with Crippen molar-refractivity contribution >= 4 is 5.91 Å². The Labute approximate surface area is 196 Å². The number of carbonyl (C=O) groups excluding carboxylic acids is 1. The molecule has 0 unspecified atom stereocenters. The fraction of sp³-hybridized carbons (Fsp3) is 0.208. The molecule has 2 aromatic carbocycles. The van der Waals surface area contributed by atoms with Crippen molar-refractivity contribution in [1.29, 1.82) is 0 Å². The lowest BCUT2D eigenvalue weighted by Gasteiger charge is -2.12. The van der Waals surface area contributed by atoms with Crippen LogP contribution < -0.4 is 19.5 Å². The molecule has 0 fully saturated rings. The largest absolute Gasteiger partial charge is 0.493 e. The number of aromatic nitrogens is 5. The second kappa shape index (κ2) is 10.4. The van der Waals surface area contributed by atoms with E-state index < -0.39 is 0 Å². The molecule has 0 aliphatic heterocycles. The third kappa shape index (κ3) is 4.96. The first-order chi connectivity index (χ1) is 16.6. The number of tetrazole rings is 1. The van der Waals surface area contributed by atoms with Gasteiger partial charge in [0.1, 0.15) is 0 Å². The zero-order chi connectivity index (χ0) is 23.9. The van der Waals surface area contributed by atoms with E-state index in [4.69, 9.17) is 14.2 Å². The molecular weight excluding hydrogens is 436 g/mol. The zero-order valence-corrected chi connectivity index (χ0v) is 19.0. The molecule has 2 aromatic heterocycles. The molecule has 10 nitrogen and oxygen atoms in total. The van der Waals surface area contributed by atoms with Crippen LogP contribution >= 0.6 is 0 Å². The highest BCUT2D eigenvalue weighted by Crippen LogP contribution is 2.31. The first-order valence-corrected chi connectivity index (χ1v) is 10.5. The number of benzene rings is 2. The highest BCUT2D eigenvalue weighted by Gasteiger charge is 2.15. The molecule has 2 heterocycles. The van der Waals surface area contributed by atoms with Crippen LogP contribution in [0.1, 0.15) is 15.9 Å². The lowest BCUT2D eigenvalue weighted by Crippen LogP contribution is -2.25. The minimum atomic E-state index is -0.223. The Morgan fingerprint density at radius 3 is 2.53 bits per heavy atom. The predicted octanol–water partition coefficient (Wildman–Crippen LogP) is 2.93. The van der Waals surface area contributed by atoms with E-state index in [0.717, 1.165) is 16.7 Å². The quantitative estimate of drug-likeness (QED) is 0.391. The predicted molar refractivity (Wildman–Crippen MR) is 125 cm³/mol. The number of carbonyl (C=O) groups is 1. The third-order valence-electron chi connectivity index (χ3n) is 5.24. The van der Waals surface area contributed by atoms with Gasteiger partial charge in [-0.25, -0.2) is 10.1 Å². The summed E-state index contributed by atoms with van der Waals surface area (Å²) in [6, 6.07) is 14.8. The minimum absolute atomic E-state index is 0.223. The highest BCUT2D eigenvalue weighted by atomic mass is 16.5.